The Morgan fingerprint density at radius 3 is 2.43 bits per heavy atom. The Bertz CT molecular complexity index is 617. The quantitative estimate of drug-likeness (QED) is 0.790. The molecule has 0 bridgehead atoms. The lowest BCUT2D eigenvalue weighted by atomic mass is 9.96. The van der Waals surface area contributed by atoms with Crippen LogP contribution in [0.5, 0.6) is 5.75 Å². The van der Waals surface area contributed by atoms with Crippen molar-refractivity contribution in [2.75, 3.05) is 7.11 Å². The minimum Gasteiger partial charge on any atom is -0.497 e. The van der Waals surface area contributed by atoms with Gasteiger partial charge in [0.25, 0.3) is 0 Å². The number of methoxy groups -OCH3 is 1. The number of aliphatic hydroxyl groups excluding tert-OH is 1. The third-order valence-electron chi connectivity index (χ3n) is 3.39. The average Bonchev–Trinajstić information content (AvgIpc) is 2.53. The molecule has 0 aromatic heterocycles. The Hall–Kier alpha value is -1.58. The van der Waals surface area contributed by atoms with Gasteiger partial charge in [0.2, 0.25) is 0 Å². The predicted molar refractivity (Wildman–Crippen MR) is 91.3 cm³/mol. The second-order valence-corrected chi connectivity index (χ2v) is 5.63. The van der Waals surface area contributed by atoms with Crippen LogP contribution >= 0.6 is 15.9 Å². The van der Waals surface area contributed by atoms with Gasteiger partial charge in [-0.25, -0.2) is 0 Å². The molecule has 0 saturated heterocycles. The summed E-state index contributed by atoms with van der Waals surface area (Å²) >= 11 is 3.54. The Morgan fingerprint density at radius 2 is 1.86 bits per heavy atom. The average molecular weight is 347 g/mol. The van der Waals surface area contributed by atoms with Crippen LogP contribution in [0.25, 0.3) is 11.6 Å². The molecule has 0 heterocycles. The highest BCUT2D eigenvalue weighted by molar-refractivity contribution is 9.10. The van der Waals surface area contributed by atoms with Crippen LogP contribution in [-0.4, -0.2) is 18.3 Å². The molecule has 0 amide bonds. The maximum Gasteiger partial charge on any atom is 0.118 e. The molecule has 1 N–H and O–H groups in total. The third kappa shape index (κ3) is 3.96. The van der Waals surface area contributed by atoms with Gasteiger partial charge in [0.05, 0.1) is 13.2 Å². The lowest BCUT2D eigenvalue weighted by molar-refractivity contribution is 0.229. The van der Waals surface area contributed by atoms with Crippen molar-refractivity contribution >= 4 is 27.6 Å². The molecule has 0 aliphatic carbocycles. The highest BCUT2D eigenvalue weighted by atomic mass is 79.9. The van der Waals surface area contributed by atoms with Crippen molar-refractivity contribution in [3.05, 3.63) is 64.1 Å². The Balaban J connectivity index is 2.45. The van der Waals surface area contributed by atoms with Crippen LogP contribution in [0.15, 0.2) is 53.0 Å². The molecule has 0 aliphatic rings. The van der Waals surface area contributed by atoms with Gasteiger partial charge >= 0.3 is 0 Å². The zero-order valence-corrected chi connectivity index (χ0v) is 13.8. The van der Waals surface area contributed by atoms with E-state index in [0.717, 1.165) is 26.9 Å². The number of benzene rings is 2. The van der Waals surface area contributed by atoms with Gasteiger partial charge in [-0.1, -0.05) is 53.2 Å². The van der Waals surface area contributed by atoms with E-state index in [1.165, 1.54) is 0 Å². The van der Waals surface area contributed by atoms with Crippen LogP contribution in [0.2, 0.25) is 0 Å². The second kappa shape index (κ2) is 7.43. The van der Waals surface area contributed by atoms with Gasteiger partial charge in [0, 0.05) is 4.47 Å². The zero-order chi connectivity index (χ0) is 15.2. The molecule has 1 unspecified atom stereocenters. The van der Waals surface area contributed by atoms with E-state index in [4.69, 9.17) is 4.74 Å². The summed E-state index contributed by atoms with van der Waals surface area (Å²) < 4.78 is 6.20. The van der Waals surface area contributed by atoms with Crippen molar-refractivity contribution in [2.24, 2.45) is 0 Å². The highest BCUT2D eigenvalue weighted by Gasteiger charge is 2.12. The van der Waals surface area contributed by atoms with Crippen LogP contribution in [0, 0.1) is 0 Å². The van der Waals surface area contributed by atoms with E-state index in [1.807, 2.05) is 61.5 Å². The fourth-order valence-corrected chi connectivity index (χ4v) is 2.53. The van der Waals surface area contributed by atoms with Gasteiger partial charge in [-0.2, -0.15) is 0 Å². The molecule has 1 atom stereocenters. The fourth-order valence-electron chi connectivity index (χ4n) is 2.13. The number of hydrogen-bond acceptors (Lipinski definition) is 2. The summed E-state index contributed by atoms with van der Waals surface area (Å²) in [6.45, 7) is 1.97. The number of rotatable bonds is 5. The molecule has 21 heavy (non-hydrogen) atoms. The minimum atomic E-state index is -0.495. The molecule has 0 fully saturated rings. The van der Waals surface area contributed by atoms with E-state index in [1.54, 1.807) is 7.11 Å². The maximum atomic E-state index is 10.3. The van der Waals surface area contributed by atoms with Gasteiger partial charge in [-0.15, -0.1) is 0 Å². The van der Waals surface area contributed by atoms with E-state index < -0.39 is 6.10 Å². The molecule has 2 rings (SSSR count). The minimum absolute atomic E-state index is 0.495. The lowest BCUT2D eigenvalue weighted by Gasteiger charge is -2.15. The van der Waals surface area contributed by atoms with Crippen molar-refractivity contribution in [2.45, 2.75) is 19.4 Å². The summed E-state index contributed by atoms with van der Waals surface area (Å²) in [5, 5.41) is 10.3. The first-order chi connectivity index (χ1) is 10.2. The standard InChI is InChI=1S/C18H19BrO2/c1-3-18(20)16(12-14-6-4-5-7-17(14)19)13-8-10-15(21-2)11-9-13/h4-12,18,20H,3H2,1-2H3/b16-12-. The molecule has 2 nitrogen and oxygen atoms in total. The molecular formula is C18H19BrO2. The van der Waals surface area contributed by atoms with E-state index in [2.05, 4.69) is 15.9 Å². The fraction of sp³-hybridized carbons (Fsp3) is 0.222. The first kappa shape index (κ1) is 15.8. The SMILES string of the molecule is CCC(O)/C(=C\c1ccccc1Br)c1ccc(OC)cc1. The van der Waals surface area contributed by atoms with Gasteiger partial charge in [0.15, 0.2) is 0 Å². The molecule has 0 spiro atoms. The van der Waals surface area contributed by atoms with Crippen molar-refractivity contribution in [3.63, 3.8) is 0 Å². The summed E-state index contributed by atoms with van der Waals surface area (Å²) in [6.07, 6.45) is 2.20. The summed E-state index contributed by atoms with van der Waals surface area (Å²) in [4.78, 5) is 0. The second-order valence-electron chi connectivity index (χ2n) is 4.77. The number of hydrogen-bond donors (Lipinski definition) is 1. The molecular weight excluding hydrogens is 328 g/mol. The number of ether oxygens (including phenoxy) is 1. The van der Waals surface area contributed by atoms with Crippen LogP contribution in [0.3, 0.4) is 0 Å². The van der Waals surface area contributed by atoms with E-state index in [0.29, 0.717) is 6.42 Å². The van der Waals surface area contributed by atoms with Crippen molar-refractivity contribution in [1.29, 1.82) is 0 Å². The van der Waals surface area contributed by atoms with Crippen LogP contribution in [0.1, 0.15) is 24.5 Å². The Kier molecular flexibility index (Phi) is 5.59. The summed E-state index contributed by atoms with van der Waals surface area (Å²) in [5.41, 5.74) is 2.96. The summed E-state index contributed by atoms with van der Waals surface area (Å²) in [7, 11) is 1.65. The number of aliphatic hydroxyl groups is 1. The summed E-state index contributed by atoms with van der Waals surface area (Å²) in [6, 6.07) is 15.7. The molecule has 0 aliphatic heterocycles. The molecule has 0 radical (unpaired) electrons. The molecule has 3 heteroatoms. The van der Waals surface area contributed by atoms with Crippen LogP contribution in [0.4, 0.5) is 0 Å². The van der Waals surface area contributed by atoms with Crippen molar-refractivity contribution in [1.82, 2.24) is 0 Å². The topological polar surface area (TPSA) is 29.5 Å². The van der Waals surface area contributed by atoms with Gasteiger partial charge in [0.1, 0.15) is 5.75 Å². The molecule has 2 aromatic rings. The first-order valence-electron chi connectivity index (χ1n) is 6.94. The van der Waals surface area contributed by atoms with Crippen molar-refractivity contribution in [3.8, 4) is 5.75 Å². The zero-order valence-electron chi connectivity index (χ0n) is 12.2. The maximum absolute atomic E-state index is 10.3. The smallest absolute Gasteiger partial charge is 0.118 e. The third-order valence-corrected chi connectivity index (χ3v) is 4.11. The normalized spacial score (nSPS) is 13.0. The Labute approximate surface area is 134 Å². The molecule has 0 saturated carbocycles. The van der Waals surface area contributed by atoms with E-state index in [9.17, 15) is 5.11 Å². The van der Waals surface area contributed by atoms with Crippen LogP contribution in [-0.2, 0) is 0 Å². The first-order valence-corrected chi connectivity index (χ1v) is 7.73. The Morgan fingerprint density at radius 1 is 1.19 bits per heavy atom. The lowest BCUT2D eigenvalue weighted by Crippen LogP contribution is -2.07. The van der Waals surface area contributed by atoms with Gasteiger partial charge in [-0.05, 0) is 47.4 Å². The van der Waals surface area contributed by atoms with Crippen molar-refractivity contribution < 1.29 is 9.84 Å². The molecule has 110 valence electrons. The van der Waals surface area contributed by atoms with E-state index >= 15 is 0 Å². The largest absolute Gasteiger partial charge is 0.497 e. The van der Waals surface area contributed by atoms with Gasteiger partial charge < -0.3 is 9.84 Å². The van der Waals surface area contributed by atoms with E-state index in [-0.39, 0.29) is 0 Å². The monoisotopic (exact) mass is 346 g/mol. The van der Waals surface area contributed by atoms with Gasteiger partial charge in [-0.3, -0.25) is 0 Å². The predicted octanol–water partition coefficient (Wildman–Crippen LogP) is 4.77. The summed E-state index contributed by atoms with van der Waals surface area (Å²) in [5.74, 6) is 0.810. The number of halogens is 1. The van der Waals surface area contributed by atoms with Crippen LogP contribution < -0.4 is 4.74 Å². The highest BCUT2D eigenvalue weighted by Crippen LogP contribution is 2.28. The molecule has 2 aromatic carbocycles.